The second-order valence-electron chi connectivity index (χ2n) is 9.92. The molecule has 10 heteroatoms. The number of fused-ring (bicyclic) bond motifs is 2. The Kier molecular flexibility index (Phi) is 9.05. The monoisotopic (exact) mass is 523 g/mol. The molecule has 7 nitrogen and oxygen atoms in total. The van der Waals surface area contributed by atoms with E-state index in [1.54, 1.807) is 0 Å². The summed E-state index contributed by atoms with van der Waals surface area (Å²) < 4.78 is 37.1. The van der Waals surface area contributed by atoms with Crippen molar-refractivity contribution in [3.63, 3.8) is 0 Å². The van der Waals surface area contributed by atoms with Crippen LogP contribution in [0.15, 0.2) is 28.8 Å². The molecule has 37 heavy (non-hydrogen) atoms. The van der Waals surface area contributed by atoms with Gasteiger partial charge in [0.05, 0.1) is 5.69 Å². The average Bonchev–Trinajstić information content (AvgIpc) is 3.33. The molecule has 0 bridgehead atoms. The predicted octanol–water partition coefficient (Wildman–Crippen LogP) is 5.20. The predicted molar refractivity (Wildman–Crippen MR) is 132 cm³/mol. The number of aryl methyl sites for hydroxylation is 2. The van der Waals surface area contributed by atoms with E-state index in [2.05, 4.69) is 48.2 Å². The number of rotatable bonds is 6. The van der Waals surface area contributed by atoms with Crippen molar-refractivity contribution in [3.05, 3.63) is 52.4 Å². The SMILES string of the molecule is CCN(CC)C(=O)CC1CC2(CCN(Cc3c(C)noc3C)CC2)c2ccccc21.O=C(O)C(F)(F)F. The molecule has 1 saturated heterocycles. The first-order chi connectivity index (χ1) is 17.4. The lowest BCUT2D eigenvalue weighted by Gasteiger charge is -2.40. The maximum atomic E-state index is 12.8. The van der Waals surface area contributed by atoms with E-state index in [1.165, 1.54) is 16.7 Å². The number of carboxylic acids is 1. The van der Waals surface area contributed by atoms with E-state index in [1.807, 2.05) is 18.7 Å². The van der Waals surface area contributed by atoms with E-state index in [9.17, 15) is 18.0 Å². The molecule has 0 radical (unpaired) electrons. The van der Waals surface area contributed by atoms with E-state index >= 15 is 0 Å². The van der Waals surface area contributed by atoms with E-state index < -0.39 is 12.1 Å². The Balaban J connectivity index is 0.000000479. The molecule has 0 saturated carbocycles. The molecule has 1 unspecified atom stereocenters. The molecule has 4 rings (SSSR count). The van der Waals surface area contributed by atoms with Gasteiger partial charge in [0.25, 0.3) is 0 Å². The summed E-state index contributed by atoms with van der Waals surface area (Å²) >= 11 is 0. The van der Waals surface area contributed by atoms with E-state index in [0.717, 1.165) is 63.4 Å². The second kappa shape index (κ2) is 11.7. The first-order valence-electron chi connectivity index (χ1n) is 12.7. The van der Waals surface area contributed by atoms with E-state index in [-0.39, 0.29) is 5.41 Å². The average molecular weight is 524 g/mol. The molecule has 2 heterocycles. The summed E-state index contributed by atoms with van der Waals surface area (Å²) in [5.41, 5.74) is 5.38. The number of hydrogen-bond donors (Lipinski definition) is 1. The molecule has 1 atom stereocenters. The minimum atomic E-state index is -5.08. The highest BCUT2D eigenvalue weighted by Crippen LogP contribution is 2.52. The van der Waals surface area contributed by atoms with Gasteiger partial charge >= 0.3 is 12.1 Å². The minimum absolute atomic E-state index is 0.222. The van der Waals surface area contributed by atoms with Crippen LogP contribution in [0.5, 0.6) is 0 Å². The Labute approximate surface area is 215 Å². The molecule has 1 aliphatic carbocycles. The number of likely N-dealkylation sites (tertiary alicyclic amines) is 1. The Bertz CT molecular complexity index is 1070. The fourth-order valence-electron chi connectivity index (χ4n) is 5.69. The van der Waals surface area contributed by atoms with Gasteiger partial charge in [-0.1, -0.05) is 29.4 Å². The fraction of sp³-hybridized carbons (Fsp3) is 0.593. The third-order valence-electron chi connectivity index (χ3n) is 7.76. The van der Waals surface area contributed by atoms with Crippen molar-refractivity contribution in [2.45, 2.75) is 77.4 Å². The highest BCUT2D eigenvalue weighted by Gasteiger charge is 2.45. The first-order valence-corrected chi connectivity index (χ1v) is 12.7. The molecule has 2 aromatic rings. The van der Waals surface area contributed by atoms with Gasteiger partial charge in [0.2, 0.25) is 5.91 Å². The topological polar surface area (TPSA) is 86.9 Å². The number of alkyl halides is 3. The van der Waals surface area contributed by atoms with Crippen LogP contribution in [0.4, 0.5) is 13.2 Å². The highest BCUT2D eigenvalue weighted by atomic mass is 19.4. The van der Waals surface area contributed by atoms with Crippen molar-refractivity contribution >= 4 is 11.9 Å². The van der Waals surface area contributed by atoms with Crippen LogP contribution in [0, 0.1) is 13.8 Å². The number of halogens is 3. The second-order valence-corrected chi connectivity index (χ2v) is 9.92. The van der Waals surface area contributed by atoms with Gasteiger partial charge in [-0.2, -0.15) is 13.2 Å². The molecule has 1 aliphatic heterocycles. The Morgan fingerprint density at radius 3 is 2.27 bits per heavy atom. The van der Waals surface area contributed by atoms with Gasteiger partial charge in [-0.05, 0) is 82.5 Å². The fourth-order valence-corrected chi connectivity index (χ4v) is 5.69. The largest absolute Gasteiger partial charge is 0.490 e. The summed E-state index contributed by atoms with van der Waals surface area (Å²) in [5.74, 6) is -1.17. The smallest absolute Gasteiger partial charge is 0.475 e. The maximum Gasteiger partial charge on any atom is 0.490 e. The molecule has 1 N–H and O–H groups in total. The maximum absolute atomic E-state index is 12.8. The molecule has 1 aromatic carbocycles. The van der Waals surface area contributed by atoms with Crippen LogP contribution >= 0.6 is 0 Å². The van der Waals surface area contributed by atoms with Gasteiger partial charge in [0.15, 0.2) is 0 Å². The van der Waals surface area contributed by atoms with Crippen molar-refractivity contribution in [3.8, 4) is 0 Å². The van der Waals surface area contributed by atoms with Gasteiger partial charge in [-0.25, -0.2) is 4.79 Å². The summed E-state index contributed by atoms with van der Waals surface area (Å²) in [6.45, 7) is 12.8. The number of benzene rings is 1. The van der Waals surface area contributed by atoms with Gasteiger partial charge in [-0.3, -0.25) is 9.69 Å². The van der Waals surface area contributed by atoms with Crippen molar-refractivity contribution in [2.24, 2.45) is 0 Å². The summed E-state index contributed by atoms with van der Waals surface area (Å²) in [6.07, 6.45) is -1.02. The van der Waals surface area contributed by atoms with Gasteiger partial charge < -0.3 is 14.5 Å². The molecule has 1 fully saturated rings. The first kappa shape index (κ1) is 28.7. The molecule has 2 aliphatic rings. The summed E-state index contributed by atoms with van der Waals surface area (Å²) in [5, 5.41) is 11.2. The number of nitrogens with zero attached hydrogens (tertiary/aromatic N) is 3. The normalized spacial score (nSPS) is 18.7. The number of hydrogen-bond acceptors (Lipinski definition) is 5. The Morgan fingerprint density at radius 1 is 1.16 bits per heavy atom. The van der Waals surface area contributed by atoms with Crippen LogP contribution in [-0.4, -0.2) is 64.3 Å². The van der Waals surface area contributed by atoms with Crippen LogP contribution < -0.4 is 0 Å². The number of aromatic nitrogens is 1. The zero-order valence-corrected chi connectivity index (χ0v) is 21.9. The standard InChI is InChI=1S/C25H35N3O2.C2HF3O2/c1-5-28(6-2)24(29)15-20-16-25(23-10-8-7-9-21(20)23)11-13-27(14-12-25)17-22-18(3)26-30-19(22)4;3-2(4,5)1(6)7/h7-10,20H,5-6,11-17H2,1-4H3;(H,6,7). The number of amides is 1. The number of piperidine rings is 1. The van der Waals surface area contributed by atoms with Crippen molar-refractivity contribution < 1.29 is 32.4 Å². The summed E-state index contributed by atoms with van der Waals surface area (Å²) in [4.78, 5) is 26.2. The van der Waals surface area contributed by atoms with Crippen LogP contribution in [0.25, 0.3) is 0 Å². The third-order valence-corrected chi connectivity index (χ3v) is 7.76. The summed E-state index contributed by atoms with van der Waals surface area (Å²) in [6, 6.07) is 8.90. The highest BCUT2D eigenvalue weighted by molar-refractivity contribution is 5.77. The zero-order valence-electron chi connectivity index (χ0n) is 21.9. The number of carbonyl (C=O) groups is 2. The van der Waals surface area contributed by atoms with Crippen LogP contribution in [0.2, 0.25) is 0 Å². The molecule has 204 valence electrons. The molecular weight excluding hydrogens is 487 g/mol. The van der Waals surface area contributed by atoms with E-state index in [4.69, 9.17) is 14.4 Å². The zero-order chi connectivity index (χ0) is 27.4. The summed E-state index contributed by atoms with van der Waals surface area (Å²) in [7, 11) is 0. The Hall–Kier alpha value is -2.88. The van der Waals surface area contributed by atoms with Crippen LogP contribution in [-0.2, 0) is 21.5 Å². The lowest BCUT2D eigenvalue weighted by Crippen LogP contribution is -2.41. The van der Waals surface area contributed by atoms with Crippen LogP contribution in [0.3, 0.4) is 0 Å². The van der Waals surface area contributed by atoms with Crippen molar-refractivity contribution in [1.29, 1.82) is 0 Å². The lowest BCUT2D eigenvalue weighted by molar-refractivity contribution is -0.192. The number of carboxylic acid groups (broad SMARTS) is 1. The molecule has 1 spiro atoms. The minimum Gasteiger partial charge on any atom is -0.475 e. The lowest BCUT2D eigenvalue weighted by atomic mass is 9.73. The molecule has 1 aromatic heterocycles. The molecular formula is C27H36F3N3O4. The van der Waals surface area contributed by atoms with Gasteiger partial charge in [0, 0.05) is 31.6 Å². The molecule has 1 amide bonds. The number of aliphatic carboxylic acids is 1. The van der Waals surface area contributed by atoms with Gasteiger partial charge in [-0.15, -0.1) is 0 Å². The quantitative estimate of drug-likeness (QED) is 0.560. The number of carbonyl (C=O) groups excluding carboxylic acids is 1. The van der Waals surface area contributed by atoms with Crippen LogP contribution in [0.1, 0.15) is 73.6 Å². The van der Waals surface area contributed by atoms with Crippen molar-refractivity contribution in [2.75, 3.05) is 26.2 Å². The van der Waals surface area contributed by atoms with Crippen molar-refractivity contribution in [1.82, 2.24) is 15.0 Å². The van der Waals surface area contributed by atoms with Gasteiger partial charge in [0.1, 0.15) is 5.76 Å². The van der Waals surface area contributed by atoms with E-state index in [0.29, 0.717) is 18.2 Å². The third kappa shape index (κ3) is 6.52. The Morgan fingerprint density at radius 2 is 1.76 bits per heavy atom.